The molecule has 0 aliphatic carbocycles. The van der Waals surface area contributed by atoms with Crippen molar-refractivity contribution in [3.05, 3.63) is 0 Å². The molecule has 1 amide bonds. The van der Waals surface area contributed by atoms with Gasteiger partial charge in [-0.2, -0.15) is 11.8 Å². The smallest absolute Gasteiger partial charge is 0.410 e. The normalized spacial score (nSPS) is 16.5. The van der Waals surface area contributed by atoms with Crippen molar-refractivity contribution in [2.45, 2.75) is 53.1 Å². The number of piperidine rings is 1. The first-order valence-electron chi connectivity index (χ1n) is 9.80. The summed E-state index contributed by atoms with van der Waals surface area (Å²) in [6.07, 6.45) is 4.06. The van der Waals surface area contributed by atoms with Crippen molar-refractivity contribution >= 4 is 23.8 Å². The van der Waals surface area contributed by atoms with Crippen LogP contribution in [-0.2, 0) is 4.74 Å². The van der Waals surface area contributed by atoms with Crippen LogP contribution >= 0.6 is 11.8 Å². The van der Waals surface area contributed by atoms with Gasteiger partial charge in [-0.25, -0.2) is 4.79 Å². The molecular formula is C19H38N4O2S. The molecule has 0 unspecified atom stereocenters. The fourth-order valence-electron chi connectivity index (χ4n) is 2.97. The van der Waals surface area contributed by atoms with Crippen LogP contribution < -0.4 is 5.32 Å². The molecule has 0 bridgehead atoms. The van der Waals surface area contributed by atoms with Gasteiger partial charge < -0.3 is 19.9 Å². The zero-order chi connectivity index (χ0) is 19.6. The van der Waals surface area contributed by atoms with Crippen molar-refractivity contribution in [2.75, 3.05) is 51.3 Å². The van der Waals surface area contributed by atoms with E-state index in [9.17, 15) is 4.79 Å². The van der Waals surface area contributed by atoms with Gasteiger partial charge in [0.15, 0.2) is 5.96 Å². The van der Waals surface area contributed by atoms with Crippen LogP contribution in [0.15, 0.2) is 4.99 Å². The lowest BCUT2D eigenvalue weighted by molar-refractivity contribution is 0.0214. The summed E-state index contributed by atoms with van der Waals surface area (Å²) >= 11 is 1.82. The van der Waals surface area contributed by atoms with Crippen molar-refractivity contribution < 1.29 is 9.53 Å². The van der Waals surface area contributed by atoms with Crippen LogP contribution in [-0.4, -0.2) is 78.7 Å². The molecule has 1 heterocycles. The Kier molecular flexibility index (Phi) is 10.2. The van der Waals surface area contributed by atoms with Gasteiger partial charge in [0, 0.05) is 38.5 Å². The van der Waals surface area contributed by atoms with Crippen LogP contribution in [0.5, 0.6) is 0 Å². The number of carbonyl (C=O) groups excluding carboxylic acids is 1. The first kappa shape index (κ1) is 22.9. The number of hydrogen-bond acceptors (Lipinski definition) is 4. The van der Waals surface area contributed by atoms with E-state index >= 15 is 0 Å². The average molecular weight is 387 g/mol. The molecule has 0 aromatic rings. The van der Waals surface area contributed by atoms with Crippen LogP contribution in [0.1, 0.15) is 47.5 Å². The highest BCUT2D eigenvalue weighted by Gasteiger charge is 2.27. The molecule has 0 saturated carbocycles. The molecule has 1 aliphatic rings. The number of nitrogens with one attached hydrogen (secondary N) is 1. The van der Waals surface area contributed by atoms with Crippen molar-refractivity contribution in [1.29, 1.82) is 0 Å². The fraction of sp³-hybridized carbons (Fsp3) is 0.895. The highest BCUT2D eigenvalue weighted by atomic mass is 32.2. The Balaban J connectivity index is 2.53. The van der Waals surface area contributed by atoms with E-state index in [0.717, 1.165) is 57.3 Å². The third-order valence-electron chi connectivity index (χ3n) is 4.32. The third kappa shape index (κ3) is 8.52. The van der Waals surface area contributed by atoms with Gasteiger partial charge in [-0.1, -0.05) is 0 Å². The first-order chi connectivity index (χ1) is 12.3. The van der Waals surface area contributed by atoms with Gasteiger partial charge in [-0.15, -0.1) is 0 Å². The van der Waals surface area contributed by atoms with E-state index < -0.39 is 5.60 Å². The summed E-state index contributed by atoms with van der Waals surface area (Å²) in [4.78, 5) is 21.2. The monoisotopic (exact) mass is 386 g/mol. The SMILES string of the molecule is CCNC(=NCCSC)N1CCC(CN(CC)C(=O)OC(C)(C)C)CC1. The highest BCUT2D eigenvalue weighted by molar-refractivity contribution is 7.98. The molecule has 1 rings (SSSR count). The number of nitrogens with zero attached hydrogens (tertiary/aromatic N) is 3. The molecule has 0 spiro atoms. The molecule has 1 N–H and O–H groups in total. The molecule has 0 aromatic carbocycles. The zero-order valence-corrected chi connectivity index (χ0v) is 18.3. The summed E-state index contributed by atoms with van der Waals surface area (Å²) < 4.78 is 5.52. The van der Waals surface area contributed by atoms with E-state index in [1.807, 2.05) is 44.4 Å². The number of amides is 1. The number of ether oxygens (including phenoxy) is 1. The van der Waals surface area contributed by atoms with Gasteiger partial charge in [0.2, 0.25) is 0 Å². The van der Waals surface area contributed by atoms with Crippen molar-refractivity contribution in [1.82, 2.24) is 15.1 Å². The van der Waals surface area contributed by atoms with Crippen LogP contribution in [0, 0.1) is 5.92 Å². The summed E-state index contributed by atoms with van der Waals surface area (Å²) in [5.74, 6) is 2.60. The van der Waals surface area contributed by atoms with Crippen LogP contribution in [0.2, 0.25) is 0 Å². The van der Waals surface area contributed by atoms with E-state index in [4.69, 9.17) is 9.73 Å². The largest absolute Gasteiger partial charge is 0.444 e. The van der Waals surface area contributed by atoms with E-state index in [1.54, 1.807) is 0 Å². The molecule has 1 saturated heterocycles. The maximum Gasteiger partial charge on any atom is 0.410 e. The predicted molar refractivity (Wildman–Crippen MR) is 112 cm³/mol. The first-order valence-corrected chi connectivity index (χ1v) is 11.2. The lowest BCUT2D eigenvalue weighted by atomic mass is 9.96. The minimum Gasteiger partial charge on any atom is -0.444 e. The summed E-state index contributed by atoms with van der Waals surface area (Å²) in [7, 11) is 0. The van der Waals surface area contributed by atoms with E-state index in [0.29, 0.717) is 12.5 Å². The molecule has 0 aromatic heterocycles. The number of carbonyl (C=O) groups is 1. The molecule has 6 nitrogen and oxygen atoms in total. The molecule has 0 atom stereocenters. The van der Waals surface area contributed by atoms with Gasteiger partial charge in [0.1, 0.15) is 5.60 Å². The molecule has 0 radical (unpaired) electrons. The molecule has 7 heteroatoms. The van der Waals surface area contributed by atoms with E-state index in [1.165, 1.54) is 0 Å². The number of guanidine groups is 1. The van der Waals surface area contributed by atoms with E-state index in [2.05, 4.69) is 23.4 Å². The van der Waals surface area contributed by atoms with Crippen molar-refractivity contribution in [3.63, 3.8) is 0 Å². The van der Waals surface area contributed by atoms with Gasteiger partial charge in [0.05, 0.1) is 6.54 Å². The van der Waals surface area contributed by atoms with Gasteiger partial charge in [-0.3, -0.25) is 4.99 Å². The standard InChI is InChI=1S/C19H38N4O2S/c1-7-20-17(21-11-14-26-6)23-12-9-16(10-13-23)15-22(8-2)18(24)25-19(3,4)5/h16H,7-15H2,1-6H3,(H,20,21). The Morgan fingerprint density at radius 2 is 1.96 bits per heavy atom. The maximum atomic E-state index is 12.3. The zero-order valence-electron chi connectivity index (χ0n) is 17.5. The molecule has 152 valence electrons. The van der Waals surface area contributed by atoms with Crippen LogP contribution in [0.4, 0.5) is 4.79 Å². The minimum absolute atomic E-state index is 0.200. The van der Waals surface area contributed by atoms with Gasteiger partial charge in [-0.05, 0) is 59.6 Å². The summed E-state index contributed by atoms with van der Waals surface area (Å²) in [6, 6.07) is 0. The lowest BCUT2D eigenvalue weighted by Gasteiger charge is -2.36. The Hall–Kier alpha value is -1.11. The summed E-state index contributed by atoms with van der Waals surface area (Å²) in [5.41, 5.74) is -0.443. The predicted octanol–water partition coefficient (Wildman–Crippen LogP) is 3.28. The number of thioether (sulfide) groups is 1. The molecule has 26 heavy (non-hydrogen) atoms. The Bertz CT molecular complexity index is 443. The van der Waals surface area contributed by atoms with Gasteiger partial charge in [0.25, 0.3) is 0 Å². The van der Waals surface area contributed by atoms with Crippen molar-refractivity contribution in [2.24, 2.45) is 10.9 Å². The number of likely N-dealkylation sites (tertiary alicyclic amines) is 1. The lowest BCUT2D eigenvalue weighted by Crippen LogP contribution is -2.48. The summed E-state index contributed by atoms with van der Waals surface area (Å²) in [5, 5.41) is 3.40. The maximum absolute atomic E-state index is 12.3. The quantitative estimate of drug-likeness (QED) is 0.413. The Morgan fingerprint density at radius 3 is 2.46 bits per heavy atom. The number of hydrogen-bond donors (Lipinski definition) is 1. The fourth-order valence-corrected chi connectivity index (χ4v) is 3.24. The molecule has 1 aliphatic heterocycles. The molecule has 1 fully saturated rings. The average Bonchev–Trinajstić information content (AvgIpc) is 2.58. The second kappa shape index (κ2) is 11.6. The van der Waals surface area contributed by atoms with Gasteiger partial charge >= 0.3 is 6.09 Å². The molecular weight excluding hydrogens is 348 g/mol. The second-order valence-electron chi connectivity index (χ2n) is 7.68. The number of aliphatic imine (C=N–C) groups is 1. The van der Waals surface area contributed by atoms with Crippen molar-refractivity contribution in [3.8, 4) is 0 Å². The second-order valence-corrected chi connectivity index (χ2v) is 8.66. The summed E-state index contributed by atoms with van der Waals surface area (Å²) in [6.45, 7) is 15.0. The van der Waals surface area contributed by atoms with Crippen LogP contribution in [0.25, 0.3) is 0 Å². The topological polar surface area (TPSA) is 57.2 Å². The number of rotatable bonds is 7. The van der Waals surface area contributed by atoms with E-state index in [-0.39, 0.29) is 6.09 Å². The Labute approximate surface area is 164 Å². The Morgan fingerprint density at radius 1 is 1.31 bits per heavy atom. The third-order valence-corrected chi connectivity index (χ3v) is 4.91. The highest BCUT2D eigenvalue weighted by Crippen LogP contribution is 2.20. The minimum atomic E-state index is -0.443. The van der Waals surface area contributed by atoms with Crippen LogP contribution in [0.3, 0.4) is 0 Å².